The molecule has 2 heterocycles. The highest BCUT2D eigenvalue weighted by Gasteiger charge is 2.01. The van der Waals surface area contributed by atoms with E-state index in [-0.39, 0.29) is 5.91 Å². The molecule has 0 aliphatic carbocycles. The van der Waals surface area contributed by atoms with Crippen LogP contribution in [0.15, 0.2) is 25.0 Å². The van der Waals surface area contributed by atoms with Gasteiger partial charge in [-0.1, -0.05) is 11.6 Å². The van der Waals surface area contributed by atoms with Gasteiger partial charge in [-0.05, 0) is 12.8 Å². The van der Waals surface area contributed by atoms with Crippen LogP contribution in [0.25, 0.3) is 0 Å². The predicted molar refractivity (Wildman–Crippen MR) is 74.1 cm³/mol. The van der Waals surface area contributed by atoms with E-state index in [1.807, 2.05) is 0 Å². The van der Waals surface area contributed by atoms with Gasteiger partial charge in [-0.25, -0.2) is 4.98 Å². The van der Waals surface area contributed by atoms with Crippen LogP contribution in [0.2, 0.25) is 5.02 Å². The molecule has 0 saturated carbocycles. The summed E-state index contributed by atoms with van der Waals surface area (Å²) >= 11 is 5.76. The first-order valence-corrected chi connectivity index (χ1v) is 6.89. The molecule has 1 N–H and O–H groups in total. The molecule has 0 aromatic carbocycles. The SMILES string of the molecule is O=C(CCCn1cncn1)NCCCn1cc(Cl)cn1. The van der Waals surface area contributed by atoms with Crippen LogP contribution in [0.3, 0.4) is 0 Å². The van der Waals surface area contributed by atoms with Gasteiger partial charge in [0.05, 0.1) is 11.2 Å². The molecule has 2 aromatic rings. The Balaban J connectivity index is 1.51. The summed E-state index contributed by atoms with van der Waals surface area (Å²) < 4.78 is 3.48. The summed E-state index contributed by atoms with van der Waals surface area (Å²) in [5, 5.41) is 11.6. The fraction of sp³-hybridized carbons (Fsp3) is 0.500. The van der Waals surface area contributed by atoms with Crippen LogP contribution >= 0.6 is 11.6 Å². The molecule has 0 saturated heterocycles. The summed E-state index contributed by atoms with van der Waals surface area (Å²) in [4.78, 5) is 15.4. The van der Waals surface area contributed by atoms with Crippen LogP contribution in [0.4, 0.5) is 0 Å². The van der Waals surface area contributed by atoms with Crippen LogP contribution < -0.4 is 5.32 Å². The predicted octanol–water partition coefficient (Wildman–Crippen LogP) is 1.11. The summed E-state index contributed by atoms with van der Waals surface area (Å²) in [5.41, 5.74) is 0. The molecule has 0 radical (unpaired) electrons. The Hall–Kier alpha value is -1.89. The molecule has 2 rings (SSSR count). The van der Waals surface area contributed by atoms with Crippen LogP contribution in [0, 0.1) is 0 Å². The molecule has 20 heavy (non-hydrogen) atoms. The number of amides is 1. The number of nitrogens with one attached hydrogen (secondary N) is 1. The summed E-state index contributed by atoms with van der Waals surface area (Å²) in [6, 6.07) is 0. The third kappa shape index (κ3) is 5.00. The van der Waals surface area contributed by atoms with Crippen molar-refractivity contribution in [3.05, 3.63) is 30.1 Å². The lowest BCUT2D eigenvalue weighted by molar-refractivity contribution is -0.121. The second kappa shape index (κ2) is 7.64. The van der Waals surface area contributed by atoms with Crippen LogP contribution in [-0.4, -0.2) is 37.0 Å². The van der Waals surface area contributed by atoms with Crippen molar-refractivity contribution in [2.45, 2.75) is 32.4 Å². The average molecular weight is 297 g/mol. The van der Waals surface area contributed by atoms with Crippen molar-refractivity contribution in [2.24, 2.45) is 0 Å². The quantitative estimate of drug-likeness (QED) is 0.740. The van der Waals surface area contributed by atoms with E-state index in [1.165, 1.54) is 6.33 Å². The molecule has 0 spiro atoms. The first-order chi connectivity index (χ1) is 9.74. The van der Waals surface area contributed by atoms with Gasteiger partial charge in [-0.2, -0.15) is 10.2 Å². The Kier molecular flexibility index (Phi) is 5.55. The van der Waals surface area contributed by atoms with Crippen molar-refractivity contribution >= 4 is 17.5 Å². The Labute approximate surface area is 121 Å². The van der Waals surface area contributed by atoms with Crippen LogP contribution in [-0.2, 0) is 17.9 Å². The molecular weight excluding hydrogens is 280 g/mol. The number of nitrogens with zero attached hydrogens (tertiary/aromatic N) is 5. The number of carbonyl (C=O) groups is 1. The van der Waals surface area contributed by atoms with Crippen molar-refractivity contribution in [3.63, 3.8) is 0 Å². The Morgan fingerprint density at radius 2 is 2.10 bits per heavy atom. The molecule has 7 nitrogen and oxygen atoms in total. The van der Waals surface area contributed by atoms with Gasteiger partial charge in [0.25, 0.3) is 0 Å². The lowest BCUT2D eigenvalue weighted by Gasteiger charge is -2.05. The molecule has 1 amide bonds. The molecule has 2 aromatic heterocycles. The van der Waals surface area contributed by atoms with E-state index in [9.17, 15) is 4.79 Å². The second-order valence-electron chi connectivity index (χ2n) is 4.39. The highest BCUT2D eigenvalue weighted by Crippen LogP contribution is 2.04. The highest BCUT2D eigenvalue weighted by atomic mass is 35.5. The van der Waals surface area contributed by atoms with Crippen molar-refractivity contribution in [2.75, 3.05) is 6.54 Å². The monoisotopic (exact) mass is 296 g/mol. The Bertz CT molecular complexity index is 524. The van der Waals surface area contributed by atoms with Gasteiger partial charge in [-0.3, -0.25) is 14.2 Å². The van der Waals surface area contributed by atoms with Crippen molar-refractivity contribution in [1.29, 1.82) is 0 Å². The summed E-state index contributed by atoms with van der Waals surface area (Å²) in [5.74, 6) is 0.0589. The minimum Gasteiger partial charge on any atom is -0.356 e. The number of halogens is 1. The highest BCUT2D eigenvalue weighted by molar-refractivity contribution is 6.30. The Morgan fingerprint density at radius 3 is 2.80 bits per heavy atom. The summed E-state index contributed by atoms with van der Waals surface area (Å²) in [7, 11) is 0. The largest absolute Gasteiger partial charge is 0.356 e. The normalized spacial score (nSPS) is 10.7. The lowest BCUT2D eigenvalue weighted by atomic mass is 10.3. The number of aryl methyl sites for hydroxylation is 2. The smallest absolute Gasteiger partial charge is 0.220 e. The third-order valence-electron chi connectivity index (χ3n) is 2.75. The van der Waals surface area contributed by atoms with Crippen molar-refractivity contribution in [1.82, 2.24) is 29.9 Å². The first kappa shape index (κ1) is 14.5. The summed E-state index contributed by atoms with van der Waals surface area (Å²) in [6.45, 7) is 2.09. The number of aromatic nitrogens is 5. The van der Waals surface area contributed by atoms with E-state index in [0.717, 1.165) is 19.4 Å². The average Bonchev–Trinajstić information content (AvgIpc) is 3.06. The first-order valence-electron chi connectivity index (χ1n) is 6.51. The lowest BCUT2D eigenvalue weighted by Crippen LogP contribution is -2.25. The van der Waals surface area contributed by atoms with Crippen LogP contribution in [0.5, 0.6) is 0 Å². The molecule has 0 aliphatic heterocycles. The summed E-state index contributed by atoms with van der Waals surface area (Å²) in [6.07, 6.45) is 8.57. The Morgan fingerprint density at radius 1 is 1.25 bits per heavy atom. The van der Waals surface area contributed by atoms with E-state index in [2.05, 4.69) is 20.5 Å². The number of rotatable bonds is 8. The van der Waals surface area contributed by atoms with Crippen molar-refractivity contribution in [3.8, 4) is 0 Å². The third-order valence-corrected chi connectivity index (χ3v) is 2.94. The van der Waals surface area contributed by atoms with Crippen molar-refractivity contribution < 1.29 is 4.79 Å². The zero-order valence-corrected chi connectivity index (χ0v) is 11.8. The van der Waals surface area contributed by atoms with E-state index in [4.69, 9.17) is 11.6 Å². The fourth-order valence-corrected chi connectivity index (χ4v) is 1.92. The van der Waals surface area contributed by atoms with Gasteiger partial charge in [0, 0.05) is 32.3 Å². The van der Waals surface area contributed by atoms with Gasteiger partial charge in [-0.15, -0.1) is 0 Å². The maximum atomic E-state index is 11.6. The second-order valence-corrected chi connectivity index (χ2v) is 4.82. The van der Waals surface area contributed by atoms with Gasteiger partial charge in [0.1, 0.15) is 12.7 Å². The van der Waals surface area contributed by atoms with Gasteiger partial charge in [0.15, 0.2) is 0 Å². The molecule has 0 atom stereocenters. The molecule has 0 aliphatic rings. The minimum absolute atomic E-state index is 0.0589. The maximum absolute atomic E-state index is 11.6. The minimum atomic E-state index is 0.0589. The van der Waals surface area contributed by atoms with E-state index >= 15 is 0 Å². The fourth-order valence-electron chi connectivity index (χ4n) is 1.77. The molecule has 8 heteroatoms. The molecule has 108 valence electrons. The topological polar surface area (TPSA) is 77.6 Å². The van der Waals surface area contributed by atoms with E-state index in [1.54, 1.807) is 28.1 Å². The zero-order valence-electron chi connectivity index (χ0n) is 11.1. The molecular formula is C12H17ClN6O. The van der Waals surface area contributed by atoms with Gasteiger partial charge >= 0.3 is 0 Å². The maximum Gasteiger partial charge on any atom is 0.220 e. The van der Waals surface area contributed by atoms with E-state index < -0.39 is 0 Å². The zero-order chi connectivity index (χ0) is 14.2. The number of carbonyl (C=O) groups excluding carboxylic acids is 1. The number of hydrogen-bond donors (Lipinski definition) is 1. The van der Waals surface area contributed by atoms with Gasteiger partial charge in [0.2, 0.25) is 5.91 Å². The van der Waals surface area contributed by atoms with Crippen LogP contribution in [0.1, 0.15) is 19.3 Å². The standard InChI is InChI=1S/C12H17ClN6O/c13-11-7-16-18(8-11)6-2-4-15-12(20)3-1-5-19-10-14-9-17-19/h7-10H,1-6H2,(H,15,20). The van der Waals surface area contributed by atoms with E-state index in [0.29, 0.717) is 24.5 Å². The number of hydrogen-bond acceptors (Lipinski definition) is 4. The van der Waals surface area contributed by atoms with Gasteiger partial charge < -0.3 is 5.32 Å². The molecule has 0 unspecified atom stereocenters. The molecule has 0 bridgehead atoms. The molecule has 0 fully saturated rings.